The van der Waals surface area contributed by atoms with Gasteiger partial charge in [-0.3, -0.25) is 0 Å². The van der Waals surface area contributed by atoms with E-state index < -0.39 is 20.0 Å². The molecule has 27 heavy (non-hydrogen) atoms. The van der Waals surface area contributed by atoms with E-state index in [0.717, 1.165) is 44.9 Å². The molecule has 6 nitrogen and oxygen atoms in total. The lowest BCUT2D eigenvalue weighted by molar-refractivity contribution is 0.390. The zero-order valence-corrected chi connectivity index (χ0v) is 17.1. The van der Waals surface area contributed by atoms with E-state index in [-0.39, 0.29) is 15.8 Å². The van der Waals surface area contributed by atoms with Gasteiger partial charge in [-0.25, -0.2) is 21.6 Å². The molecule has 4 rings (SSSR count). The molecule has 1 aliphatic heterocycles. The van der Waals surface area contributed by atoms with Crippen molar-refractivity contribution in [2.45, 2.75) is 67.2 Å². The lowest BCUT2D eigenvalue weighted by atomic mass is 9.96. The summed E-state index contributed by atoms with van der Waals surface area (Å²) in [6.07, 6.45) is 8.22. The first-order valence-corrected chi connectivity index (χ1v) is 12.9. The second kappa shape index (κ2) is 7.46. The quantitative estimate of drug-likeness (QED) is 0.806. The maximum Gasteiger partial charge on any atom is 0.243 e. The maximum absolute atomic E-state index is 12.8. The van der Waals surface area contributed by atoms with E-state index in [4.69, 9.17) is 0 Å². The van der Waals surface area contributed by atoms with E-state index >= 15 is 0 Å². The van der Waals surface area contributed by atoms with Crippen LogP contribution in [0.2, 0.25) is 0 Å². The van der Waals surface area contributed by atoms with E-state index in [1.165, 1.54) is 35.0 Å². The average molecular weight is 413 g/mol. The molecule has 0 spiro atoms. The van der Waals surface area contributed by atoms with E-state index in [1.54, 1.807) is 0 Å². The number of hydrogen-bond acceptors (Lipinski definition) is 4. The molecule has 1 heterocycles. The van der Waals surface area contributed by atoms with Crippen molar-refractivity contribution >= 4 is 20.0 Å². The minimum atomic E-state index is -3.62. The first kappa shape index (κ1) is 19.4. The Labute approximate surface area is 162 Å². The monoisotopic (exact) mass is 412 g/mol. The van der Waals surface area contributed by atoms with Crippen LogP contribution in [0.15, 0.2) is 34.1 Å². The number of fused-ring (bicyclic) bond motifs is 2. The highest BCUT2D eigenvalue weighted by Crippen LogP contribution is 2.44. The average Bonchev–Trinajstić information content (AvgIpc) is 3.14. The van der Waals surface area contributed by atoms with Crippen molar-refractivity contribution in [3.05, 3.63) is 24.3 Å². The van der Waals surface area contributed by atoms with Crippen LogP contribution in [0, 0.1) is 11.8 Å². The molecule has 1 aromatic rings. The molecule has 3 fully saturated rings. The molecule has 1 saturated heterocycles. The Kier molecular flexibility index (Phi) is 5.35. The van der Waals surface area contributed by atoms with Gasteiger partial charge in [-0.1, -0.05) is 19.3 Å². The Morgan fingerprint density at radius 3 is 2.00 bits per heavy atom. The summed E-state index contributed by atoms with van der Waals surface area (Å²) in [6.45, 7) is 1.07. The van der Waals surface area contributed by atoms with Gasteiger partial charge in [-0.2, -0.15) is 4.31 Å². The van der Waals surface area contributed by atoms with Crippen molar-refractivity contribution in [3.8, 4) is 0 Å². The molecule has 0 aromatic heterocycles. The van der Waals surface area contributed by atoms with E-state index in [9.17, 15) is 16.8 Å². The molecule has 2 saturated carbocycles. The van der Waals surface area contributed by atoms with Crippen LogP contribution in [-0.4, -0.2) is 40.3 Å². The molecule has 2 aliphatic carbocycles. The highest BCUT2D eigenvalue weighted by Gasteiger charge is 2.41. The number of sulfonamides is 2. The third-order valence-electron chi connectivity index (χ3n) is 6.38. The van der Waals surface area contributed by atoms with Crippen molar-refractivity contribution in [2.75, 3.05) is 13.1 Å². The lowest BCUT2D eigenvalue weighted by Gasteiger charge is -2.23. The molecule has 3 atom stereocenters. The van der Waals surface area contributed by atoms with Crippen molar-refractivity contribution in [2.24, 2.45) is 11.8 Å². The fourth-order valence-electron chi connectivity index (χ4n) is 4.88. The summed E-state index contributed by atoms with van der Waals surface area (Å²) in [7, 11) is -7.18. The van der Waals surface area contributed by atoms with Crippen LogP contribution in [0.5, 0.6) is 0 Å². The van der Waals surface area contributed by atoms with E-state index in [1.807, 2.05) is 0 Å². The summed E-state index contributed by atoms with van der Waals surface area (Å²) in [5.41, 5.74) is 0. The summed E-state index contributed by atoms with van der Waals surface area (Å²) in [4.78, 5) is 0.309. The first-order chi connectivity index (χ1) is 12.9. The van der Waals surface area contributed by atoms with Gasteiger partial charge in [0.15, 0.2) is 0 Å². The van der Waals surface area contributed by atoms with Crippen molar-refractivity contribution in [1.82, 2.24) is 9.03 Å². The molecule has 0 radical (unpaired) electrons. The van der Waals surface area contributed by atoms with Crippen LogP contribution in [0.4, 0.5) is 0 Å². The second-order valence-electron chi connectivity index (χ2n) is 8.19. The summed E-state index contributed by atoms with van der Waals surface area (Å²) >= 11 is 0. The van der Waals surface area contributed by atoms with Gasteiger partial charge in [0.05, 0.1) is 9.79 Å². The second-order valence-corrected chi connectivity index (χ2v) is 11.8. The molecule has 2 bridgehead atoms. The largest absolute Gasteiger partial charge is 0.243 e. The van der Waals surface area contributed by atoms with Crippen LogP contribution in [0.1, 0.15) is 51.4 Å². The Morgan fingerprint density at radius 2 is 1.44 bits per heavy atom. The molecular formula is C19H28N2O4S2. The van der Waals surface area contributed by atoms with Crippen molar-refractivity contribution < 1.29 is 16.8 Å². The molecule has 8 heteroatoms. The third kappa shape index (κ3) is 3.95. The van der Waals surface area contributed by atoms with E-state index in [2.05, 4.69) is 4.72 Å². The van der Waals surface area contributed by atoms with Gasteiger partial charge in [-0.05, 0) is 68.2 Å². The Bertz CT molecular complexity index is 873. The summed E-state index contributed by atoms with van der Waals surface area (Å²) in [5.74, 6) is 1.11. The number of rotatable bonds is 5. The summed E-state index contributed by atoms with van der Waals surface area (Å²) < 4.78 is 55.4. The van der Waals surface area contributed by atoms with E-state index in [0.29, 0.717) is 24.9 Å². The van der Waals surface area contributed by atoms with Gasteiger partial charge in [0.25, 0.3) is 0 Å². The normalized spacial score (nSPS) is 29.7. The molecule has 1 N–H and O–H groups in total. The third-order valence-corrected chi connectivity index (χ3v) is 9.80. The Morgan fingerprint density at radius 1 is 0.815 bits per heavy atom. The molecular weight excluding hydrogens is 384 g/mol. The van der Waals surface area contributed by atoms with Crippen LogP contribution in [0.3, 0.4) is 0 Å². The minimum absolute atomic E-state index is 0.0225. The predicted molar refractivity (Wildman–Crippen MR) is 103 cm³/mol. The van der Waals surface area contributed by atoms with Gasteiger partial charge < -0.3 is 0 Å². The number of hydrogen-bond donors (Lipinski definition) is 1. The topological polar surface area (TPSA) is 83.5 Å². The van der Waals surface area contributed by atoms with Gasteiger partial charge in [0.1, 0.15) is 0 Å². The summed E-state index contributed by atoms with van der Waals surface area (Å²) in [5, 5.41) is 0. The lowest BCUT2D eigenvalue weighted by Crippen LogP contribution is -2.38. The molecule has 3 aliphatic rings. The zero-order valence-electron chi connectivity index (χ0n) is 15.5. The highest BCUT2D eigenvalue weighted by atomic mass is 32.2. The smallest absolute Gasteiger partial charge is 0.208 e. The van der Waals surface area contributed by atoms with Crippen molar-refractivity contribution in [3.63, 3.8) is 0 Å². The zero-order chi connectivity index (χ0) is 19.1. The maximum atomic E-state index is 12.8. The standard InChI is InChI=1S/C19H28N2O4S2/c22-26(23,20-19-14-15-5-6-16(19)13-15)17-7-9-18(10-8-17)27(24,25)21-11-3-1-2-4-12-21/h7-10,15-16,19-20H,1-6,11-14H2/t15-,16-,19-/m0/s1. The van der Waals surface area contributed by atoms with Gasteiger partial charge >= 0.3 is 0 Å². The SMILES string of the molecule is O=S(=O)(N[C@H]1C[C@H]2CC[C@H]1C2)c1ccc(S(=O)(=O)N2CCCCCC2)cc1. The van der Waals surface area contributed by atoms with Crippen LogP contribution >= 0.6 is 0 Å². The molecule has 0 unspecified atom stereocenters. The van der Waals surface area contributed by atoms with Gasteiger partial charge in [0, 0.05) is 19.1 Å². The number of nitrogens with one attached hydrogen (secondary N) is 1. The highest BCUT2D eigenvalue weighted by molar-refractivity contribution is 7.89. The van der Waals surface area contributed by atoms with Crippen LogP contribution in [-0.2, 0) is 20.0 Å². The first-order valence-electron chi connectivity index (χ1n) is 9.99. The molecule has 150 valence electrons. The number of benzene rings is 1. The predicted octanol–water partition coefficient (Wildman–Crippen LogP) is 2.72. The van der Waals surface area contributed by atoms with Crippen LogP contribution in [0.25, 0.3) is 0 Å². The molecule has 0 amide bonds. The van der Waals surface area contributed by atoms with Crippen LogP contribution < -0.4 is 4.72 Å². The summed E-state index contributed by atoms with van der Waals surface area (Å²) in [6, 6.07) is 5.71. The van der Waals surface area contributed by atoms with Gasteiger partial charge in [0.2, 0.25) is 20.0 Å². The fourth-order valence-corrected chi connectivity index (χ4v) is 7.71. The fraction of sp³-hybridized carbons (Fsp3) is 0.684. The minimum Gasteiger partial charge on any atom is -0.208 e. The molecule has 1 aromatic carbocycles. The number of nitrogens with zero attached hydrogens (tertiary/aromatic N) is 1. The Balaban J connectivity index is 1.49. The Hall–Kier alpha value is -0.960. The van der Waals surface area contributed by atoms with Crippen molar-refractivity contribution in [1.29, 1.82) is 0 Å². The van der Waals surface area contributed by atoms with Gasteiger partial charge in [-0.15, -0.1) is 0 Å².